The number of rotatable bonds is 4. The highest BCUT2D eigenvalue weighted by atomic mass is 79.9. The second-order valence-corrected chi connectivity index (χ2v) is 3.63. The average Bonchev–Trinajstić information content (AvgIpc) is 2.11. The van der Waals surface area contributed by atoms with Gasteiger partial charge < -0.3 is 4.74 Å². The lowest BCUT2D eigenvalue weighted by atomic mass is 10.2. The molecule has 0 bridgehead atoms. The van der Waals surface area contributed by atoms with E-state index < -0.39 is 0 Å². The first-order valence-corrected chi connectivity index (χ1v) is 5.32. The second-order valence-electron chi connectivity index (χ2n) is 2.84. The number of hydrogen-bond acceptors (Lipinski definition) is 1. The van der Waals surface area contributed by atoms with Crippen LogP contribution in [0.2, 0.25) is 0 Å². The monoisotopic (exact) mass is 243 g/mol. The zero-order chi connectivity index (χ0) is 9.68. The summed E-state index contributed by atoms with van der Waals surface area (Å²) in [5, 5.41) is 12.1. The van der Waals surface area contributed by atoms with Gasteiger partial charge in [0.2, 0.25) is 5.75 Å². The highest BCUT2D eigenvalue weighted by molar-refractivity contribution is 9.09. The maximum absolute atomic E-state index is 11.2. The van der Waals surface area contributed by atoms with Crippen molar-refractivity contribution in [1.29, 1.82) is 0 Å². The lowest BCUT2D eigenvalue weighted by Gasteiger charge is -2.05. The van der Waals surface area contributed by atoms with Gasteiger partial charge in [0.1, 0.15) is 0 Å². The average molecular weight is 244 g/mol. The molecule has 1 radical (unpaired) electrons. The largest absolute Gasteiger partial charge is 0.489 e. The van der Waals surface area contributed by atoms with E-state index in [9.17, 15) is 5.11 Å². The number of alkyl halides is 1. The molecule has 3 heteroatoms. The van der Waals surface area contributed by atoms with Crippen LogP contribution in [-0.4, -0.2) is 11.9 Å². The minimum absolute atomic E-state index is 0.0415. The van der Waals surface area contributed by atoms with E-state index >= 15 is 0 Å². The number of ether oxygens (including phenoxy) is 1. The summed E-state index contributed by atoms with van der Waals surface area (Å²) in [6.45, 7) is 2.53. The van der Waals surface area contributed by atoms with Gasteiger partial charge in [0.25, 0.3) is 0 Å². The molecular formula is C10H12BrO2. The Hall–Kier alpha value is -0.700. The third-order valence-corrected chi connectivity index (χ3v) is 2.20. The maximum atomic E-state index is 11.2. The standard InChI is InChI=1S/C10H12BrO2/c1-8-3-4-9(12)10(7-8)13-6-2-5-11/h3-4,7H,2,5-6H2,1H3. The predicted octanol–water partition coefficient (Wildman–Crippen LogP) is 3.30. The Morgan fingerprint density at radius 3 is 2.92 bits per heavy atom. The van der Waals surface area contributed by atoms with Crippen molar-refractivity contribution in [2.75, 3.05) is 11.9 Å². The lowest BCUT2D eigenvalue weighted by Crippen LogP contribution is -1.97. The van der Waals surface area contributed by atoms with E-state index in [-0.39, 0.29) is 5.75 Å². The Labute approximate surface area is 86.7 Å². The molecule has 0 fully saturated rings. The van der Waals surface area contributed by atoms with Crippen LogP contribution >= 0.6 is 15.9 Å². The Morgan fingerprint density at radius 2 is 2.23 bits per heavy atom. The summed E-state index contributed by atoms with van der Waals surface area (Å²) < 4.78 is 5.32. The summed E-state index contributed by atoms with van der Waals surface area (Å²) in [5.74, 6) is 0.418. The van der Waals surface area contributed by atoms with Crippen molar-refractivity contribution in [2.24, 2.45) is 0 Å². The highest BCUT2D eigenvalue weighted by Gasteiger charge is 2.03. The van der Waals surface area contributed by atoms with Crippen LogP contribution in [0.15, 0.2) is 18.2 Å². The van der Waals surface area contributed by atoms with Gasteiger partial charge in [-0.05, 0) is 31.0 Å². The molecule has 0 aliphatic rings. The molecule has 0 heterocycles. The van der Waals surface area contributed by atoms with Gasteiger partial charge in [-0.1, -0.05) is 22.0 Å². The van der Waals surface area contributed by atoms with Crippen molar-refractivity contribution < 1.29 is 9.84 Å². The molecule has 0 unspecified atom stereocenters. The SMILES string of the molecule is Cc1ccc([O])c(OCCCBr)c1. The van der Waals surface area contributed by atoms with Crippen molar-refractivity contribution in [2.45, 2.75) is 13.3 Å². The first-order valence-electron chi connectivity index (χ1n) is 4.20. The molecule has 13 heavy (non-hydrogen) atoms. The molecule has 71 valence electrons. The Bertz CT molecular complexity index is 274. The molecule has 0 aliphatic carbocycles. The maximum Gasteiger partial charge on any atom is 0.220 e. The fourth-order valence-corrected chi connectivity index (χ4v) is 1.19. The third-order valence-electron chi connectivity index (χ3n) is 1.63. The van der Waals surface area contributed by atoms with Crippen LogP contribution in [0.5, 0.6) is 11.5 Å². The molecule has 0 atom stereocenters. The first-order chi connectivity index (χ1) is 6.24. The van der Waals surface area contributed by atoms with E-state index in [0.717, 1.165) is 17.3 Å². The van der Waals surface area contributed by atoms with Crippen molar-refractivity contribution in [1.82, 2.24) is 0 Å². The second kappa shape index (κ2) is 5.12. The van der Waals surface area contributed by atoms with E-state index in [1.54, 1.807) is 18.2 Å². The van der Waals surface area contributed by atoms with Gasteiger partial charge in [0, 0.05) is 5.33 Å². The zero-order valence-electron chi connectivity index (χ0n) is 7.55. The van der Waals surface area contributed by atoms with E-state index in [1.807, 2.05) is 6.92 Å². The number of benzene rings is 1. The molecule has 0 saturated carbocycles. The summed E-state index contributed by atoms with van der Waals surface area (Å²) in [4.78, 5) is 0. The van der Waals surface area contributed by atoms with E-state index in [0.29, 0.717) is 12.4 Å². The molecule has 0 saturated heterocycles. The summed E-state index contributed by atoms with van der Waals surface area (Å²) in [5.41, 5.74) is 1.05. The number of halogens is 1. The Kier molecular flexibility index (Phi) is 4.09. The van der Waals surface area contributed by atoms with Crippen LogP contribution in [-0.2, 0) is 5.11 Å². The molecule has 2 nitrogen and oxygen atoms in total. The van der Waals surface area contributed by atoms with E-state index in [2.05, 4.69) is 15.9 Å². The molecule has 1 aromatic carbocycles. The number of aryl methyl sites for hydroxylation is 1. The van der Waals surface area contributed by atoms with Crippen molar-refractivity contribution in [3.05, 3.63) is 23.8 Å². The summed E-state index contributed by atoms with van der Waals surface area (Å²) >= 11 is 3.30. The van der Waals surface area contributed by atoms with Crippen LogP contribution < -0.4 is 4.74 Å². The van der Waals surface area contributed by atoms with Crippen LogP contribution in [0.25, 0.3) is 0 Å². The number of hydrogen-bond donors (Lipinski definition) is 0. The molecule has 1 rings (SSSR count). The van der Waals surface area contributed by atoms with Gasteiger partial charge >= 0.3 is 0 Å². The van der Waals surface area contributed by atoms with Crippen LogP contribution in [0.4, 0.5) is 0 Å². The van der Waals surface area contributed by atoms with Gasteiger partial charge in [-0.3, -0.25) is 5.11 Å². The molecule has 0 aliphatic heterocycles. The quantitative estimate of drug-likeness (QED) is 0.590. The van der Waals surface area contributed by atoms with Gasteiger partial charge in [0.15, 0.2) is 5.75 Å². The minimum atomic E-state index is -0.0415. The van der Waals surface area contributed by atoms with Crippen molar-refractivity contribution >= 4 is 15.9 Å². The van der Waals surface area contributed by atoms with Gasteiger partial charge in [0.05, 0.1) is 6.61 Å². The topological polar surface area (TPSA) is 29.1 Å². The summed E-state index contributed by atoms with van der Waals surface area (Å²) in [7, 11) is 0. The van der Waals surface area contributed by atoms with Gasteiger partial charge in [-0.25, -0.2) is 0 Å². The summed E-state index contributed by atoms with van der Waals surface area (Å²) in [6.07, 6.45) is 0.910. The fraction of sp³-hybridized carbons (Fsp3) is 0.400. The normalized spacial score (nSPS) is 10.0. The van der Waals surface area contributed by atoms with Crippen molar-refractivity contribution in [3.8, 4) is 11.5 Å². The minimum Gasteiger partial charge on any atom is -0.489 e. The van der Waals surface area contributed by atoms with Crippen LogP contribution in [0, 0.1) is 6.92 Å². The summed E-state index contributed by atoms with van der Waals surface area (Å²) in [6, 6.07) is 5.11. The predicted molar refractivity (Wildman–Crippen MR) is 55.2 cm³/mol. The van der Waals surface area contributed by atoms with Crippen LogP contribution in [0.3, 0.4) is 0 Å². The first kappa shape index (κ1) is 10.4. The van der Waals surface area contributed by atoms with E-state index in [1.165, 1.54) is 0 Å². The van der Waals surface area contributed by atoms with E-state index in [4.69, 9.17) is 4.74 Å². The van der Waals surface area contributed by atoms with Gasteiger partial charge in [-0.15, -0.1) is 0 Å². The Morgan fingerprint density at radius 1 is 1.46 bits per heavy atom. The van der Waals surface area contributed by atoms with Crippen LogP contribution in [0.1, 0.15) is 12.0 Å². The molecule has 0 aromatic heterocycles. The molecule has 1 aromatic rings. The fourth-order valence-electron chi connectivity index (χ4n) is 0.965. The van der Waals surface area contributed by atoms with Gasteiger partial charge in [-0.2, -0.15) is 0 Å². The molecule has 0 N–H and O–H groups in total. The lowest BCUT2D eigenvalue weighted by molar-refractivity contribution is 0.276. The smallest absolute Gasteiger partial charge is 0.220 e. The molecule has 0 amide bonds. The zero-order valence-corrected chi connectivity index (χ0v) is 9.13. The third kappa shape index (κ3) is 3.27. The molecule has 0 spiro atoms. The Balaban J connectivity index is 2.59. The highest BCUT2D eigenvalue weighted by Crippen LogP contribution is 2.27. The molecular weight excluding hydrogens is 232 g/mol. The van der Waals surface area contributed by atoms with Crippen molar-refractivity contribution in [3.63, 3.8) is 0 Å².